The first kappa shape index (κ1) is 16.5. The van der Waals surface area contributed by atoms with Crippen molar-refractivity contribution >= 4 is 22.7 Å². The van der Waals surface area contributed by atoms with Crippen LogP contribution in [0.2, 0.25) is 0 Å². The number of imidazole rings is 1. The molecular weight excluding hydrogens is 340 g/mol. The number of hydrogen-bond acceptors (Lipinski definition) is 4. The molecular formula is C21H16N4O2. The van der Waals surface area contributed by atoms with Crippen molar-refractivity contribution in [2.24, 2.45) is 0 Å². The normalized spacial score (nSPS) is 10.7. The predicted octanol–water partition coefficient (Wildman–Crippen LogP) is 4.99. The standard InChI is InChI=1S/C21H16N4O2/c1-15(18-6-2-3-7-20(18)25(26)27)22-17-11-9-16(10-12-17)19-14-24-13-5-4-8-21(24)23-19/h2-14,22H,1H2. The number of pyridine rings is 1. The molecule has 0 saturated carbocycles. The van der Waals surface area contributed by atoms with Gasteiger partial charge < -0.3 is 9.72 Å². The Kier molecular flexibility index (Phi) is 4.14. The van der Waals surface area contributed by atoms with E-state index in [4.69, 9.17) is 0 Å². The van der Waals surface area contributed by atoms with Gasteiger partial charge in [0, 0.05) is 35.4 Å². The molecule has 0 saturated heterocycles. The molecule has 1 N–H and O–H groups in total. The number of rotatable bonds is 5. The molecule has 0 unspecified atom stereocenters. The molecule has 0 aliphatic carbocycles. The van der Waals surface area contributed by atoms with E-state index in [1.165, 1.54) is 6.07 Å². The highest BCUT2D eigenvalue weighted by atomic mass is 16.6. The summed E-state index contributed by atoms with van der Waals surface area (Å²) in [4.78, 5) is 15.4. The van der Waals surface area contributed by atoms with Crippen LogP contribution < -0.4 is 5.32 Å². The summed E-state index contributed by atoms with van der Waals surface area (Å²) in [5.41, 5.74) is 4.52. The summed E-state index contributed by atoms with van der Waals surface area (Å²) in [5.74, 6) is 0. The Bertz CT molecular complexity index is 1110. The molecule has 0 radical (unpaired) electrons. The molecule has 0 aliphatic heterocycles. The van der Waals surface area contributed by atoms with Gasteiger partial charge in [0.2, 0.25) is 0 Å². The number of fused-ring (bicyclic) bond motifs is 1. The fraction of sp³-hybridized carbons (Fsp3) is 0. The summed E-state index contributed by atoms with van der Waals surface area (Å²) in [6.07, 6.45) is 3.93. The van der Waals surface area contributed by atoms with Crippen molar-refractivity contribution < 1.29 is 4.92 Å². The van der Waals surface area contributed by atoms with E-state index < -0.39 is 4.92 Å². The summed E-state index contributed by atoms with van der Waals surface area (Å²) in [7, 11) is 0. The number of para-hydroxylation sites is 1. The van der Waals surface area contributed by atoms with E-state index in [2.05, 4.69) is 16.9 Å². The Hall–Kier alpha value is -3.93. The lowest BCUT2D eigenvalue weighted by Gasteiger charge is -2.10. The van der Waals surface area contributed by atoms with Crippen LogP contribution in [0.4, 0.5) is 11.4 Å². The van der Waals surface area contributed by atoms with Crippen LogP contribution in [0.3, 0.4) is 0 Å². The van der Waals surface area contributed by atoms with Crippen LogP contribution in [-0.2, 0) is 0 Å². The summed E-state index contributed by atoms with van der Waals surface area (Å²) in [6, 6.07) is 20.1. The predicted molar refractivity (Wildman–Crippen MR) is 106 cm³/mol. The Morgan fingerprint density at radius 2 is 1.78 bits per heavy atom. The number of nitro groups is 1. The van der Waals surface area contributed by atoms with Gasteiger partial charge in [-0.2, -0.15) is 0 Å². The van der Waals surface area contributed by atoms with Crippen molar-refractivity contribution in [1.29, 1.82) is 0 Å². The first-order valence-corrected chi connectivity index (χ1v) is 8.36. The molecule has 2 aromatic carbocycles. The lowest BCUT2D eigenvalue weighted by molar-refractivity contribution is -0.385. The topological polar surface area (TPSA) is 72.5 Å². The SMILES string of the molecule is C=C(Nc1ccc(-c2cn3ccccc3n2)cc1)c1ccccc1[N+](=O)[O-]. The average Bonchev–Trinajstić information content (AvgIpc) is 3.12. The monoisotopic (exact) mass is 356 g/mol. The van der Waals surface area contributed by atoms with Gasteiger partial charge in [-0.15, -0.1) is 0 Å². The first-order chi connectivity index (χ1) is 13.1. The molecule has 27 heavy (non-hydrogen) atoms. The number of nitrogens with one attached hydrogen (secondary N) is 1. The largest absolute Gasteiger partial charge is 0.355 e. The second-order valence-electron chi connectivity index (χ2n) is 6.05. The third kappa shape index (κ3) is 3.28. The fourth-order valence-corrected chi connectivity index (χ4v) is 2.93. The van der Waals surface area contributed by atoms with Crippen molar-refractivity contribution in [3.8, 4) is 11.3 Å². The number of nitro benzene ring substituents is 1. The molecule has 0 aliphatic rings. The molecule has 2 heterocycles. The number of anilines is 1. The minimum Gasteiger partial charge on any atom is -0.355 e. The van der Waals surface area contributed by atoms with Crippen LogP contribution in [0.25, 0.3) is 22.6 Å². The van der Waals surface area contributed by atoms with Crippen LogP contribution in [0.1, 0.15) is 5.56 Å². The van der Waals surface area contributed by atoms with Crippen LogP contribution in [0.15, 0.2) is 85.7 Å². The lowest BCUT2D eigenvalue weighted by Crippen LogP contribution is -2.01. The maximum absolute atomic E-state index is 11.2. The maximum Gasteiger partial charge on any atom is 0.278 e. The van der Waals surface area contributed by atoms with Crippen molar-refractivity contribution in [3.63, 3.8) is 0 Å². The number of benzene rings is 2. The zero-order valence-corrected chi connectivity index (χ0v) is 14.4. The molecule has 4 aromatic rings. The first-order valence-electron chi connectivity index (χ1n) is 8.36. The molecule has 2 aromatic heterocycles. The molecule has 0 spiro atoms. The number of aromatic nitrogens is 2. The summed E-state index contributed by atoms with van der Waals surface area (Å²) < 4.78 is 1.97. The Balaban J connectivity index is 1.56. The van der Waals surface area contributed by atoms with Gasteiger partial charge in [0.15, 0.2) is 0 Å². The van der Waals surface area contributed by atoms with Gasteiger partial charge >= 0.3 is 0 Å². The van der Waals surface area contributed by atoms with Crippen molar-refractivity contribution in [2.75, 3.05) is 5.32 Å². The molecule has 6 nitrogen and oxygen atoms in total. The van der Waals surface area contributed by atoms with Gasteiger partial charge in [-0.3, -0.25) is 10.1 Å². The summed E-state index contributed by atoms with van der Waals surface area (Å²) in [6.45, 7) is 3.94. The molecule has 0 amide bonds. The second kappa shape index (κ2) is 6.76. The van der Waals surface area contributed by atoms with Crippen molar-refractivity contribution in [1.82, 2.24) is 9.38 Å². The van der Waals surface area contributed by atoms with Gasteiger partial charge in [-0.05, 0) is 30.3 Å². The van der Waals surface area contributed by atoms with Gasteiger partial charge in [-0.25, -0.2) is 4.98 Å². The fourth-order valence-electron chi connectivity index (χ4n) is 2.93. The smallest absolute Gasteiger partial charge is 0.278 e. The highest BCUT2D eigenvalue weighted by molar-refractivity contribution is 5.80. The second-order valence-corrected chi connectivity index (χ2v) is 6.05. The van der Waals surface area contributed by atoms with Gasteiger partial charge in [0.25, 0.3) is 5.69 Å². The van der Waals surface area contributed by atoms with Crippen molar-refractivity contribution in [2.45, 2.75) is 0 Å². The third-order valence-corrected chi connectivity index (χ3v) is 4.27. The number of hydrogen-bond donors (Lipinski definition) is 1. The van der Waals surface area contributed by atoms with E-state index >= 15 is 0 Å². The van der Waals surface area contributed by atoms with Crippen molar-refractivity contribution in [3.05, 3.63) is 101 Å². The van der Waals surface area contributed by atoms with Crippen LogP contribution in [0, 0.1) is 10.1 Å². The molecule has 132 valence electrons. The molecule has 0 fully saturated rings. The van der Waals surface area contributed by atoms with E-state index in [0.29, 0.717) is 11.3 Å². The van der Waals surface area contributed by atoms with E-state index in [9.17, 15) is 10.1 Å². The minimum atomic E-state index is -0.408. The zero-order chi connectivity index (χ0) is 18.8. The molecule has 0 bridgehead atoms. The maximum atomic E-state index is 11.2. The van der Waals surface area contributed by atoms with E-state index in [1.807, 2.05) is 59.3 Å². The summed E-state index contributed by atoms with van der Waals surface area (Å²) in [5, 5.41) is 14.3. The van der Waals surface area contributed by atoms with E-state index in [0.717, 1.165) is 22.6 Å². The lowest BCUT2D eigenvalue weighted by atomic mass is 10.1. The highest BCUT2D eigenvalue weighted by Crippen LogP contribution is 2.27. The Morgan fingerprint density at radius 3 is 2.52 bits per heavy atom. The zero-order valence-electron chi connectivity index (χ0n) is 14.4. The van der Waals surface area contributed by atoms with Crippen LogP contribution in [0.5, 0.6) is 0 Å². The minimum absolute atomic E-state index is 0.0244. The third-order valence-electron chi connectivity index (χ3n) is 4.27. The molecule has 6 heteroatoms. The Morgan fingerprint density at radius 1 is 1.04 bits per heavy atom. The van der Waals surface area contributed by atoms with E-state index in [-0.39, 0.29) is 5.69 Å². The van der Waals surface area contributed by atoms with Gasteiger partial charge in [-0.1, -0.05) is 36.9 Å². The van der Waals surface area contributed by atoms with E-state index in [1.54, 1.807) is 18.2 Å². The number of nitrogens with zero attached hydrogens (tertiary/aromatic N) is 3. The quantitative estimate of drug-likeness (QED) is 0.404. The summed E-state index contributed by atoms with van der Waals surface area (Å²) >= 11 is 0. The van der Waals surface area contributed by atoms with Crippen LogP contribution >= 0.6 is 0 Å². The van der Waals surface area contributed by atoms with Gasteiger partial charge in [0.1, 0.15) is 5.65 Å². The highest BCUT2D eigenvalue weighted by Gasteiger charge is 2.15. The molecule has 0 atom stereocenters. The molecule has 4 rings (SSSR count). The van der Waals surface area contributed by atoms with Gasteiger partial charge in [0.05, 0.1) is 16.2 Å². The average molecular weight is 356 g/mol. The van der Waals surface area contributed by atoms with Crippen LogP contribution in [-0.4, -0.2) is 14.3 Å². The Labute approximate surface area is 155 Å².